The second-order valence-electron chi connectivity index (χ2n) is 8.36. The molecule has 0 spiro atoms. The summed E-state index contributed by atoms with van der Waals surface area (Å²) < 4.78 is 71.0. The number of hydrogen-bond acceptors (Lipinski definition) is 5. The molecule has 2 N–H and O–H groups in total. The standard InChI is InChI=1S/C25H22F3N3O4S.BrH/c1-14-4-9-19(24(32)30-14)20-10-16(12-25(26,27)28)23(35-2)21-11-17(13-29-22(20)21)15-5-7-18(8-6-15)31-36(3,33)34;/h4-11,13,31H,12H2,1-3H3,(H,30,32);1H. The van der Waals surface area contributed by atoms with E-state index in [0.29, 0.717) is 33.4 Å². The number of rotatable bonds is 6. The van der Waals surface area contributed by atoms with Gasteiger partial charge < -0.3 is 9.72 Å². The fourth-order valence-corrected chi connectivity index (χ4v) is 4.58. The predicted molar refractivity (Wildman–Crippen MR) is 143 cm³/mol. The summed E-state index contributed by atoms with van der Waals surface area (Å²) in [5.74, 6) is 0.0133. The van der Waals surface area contributed by atoms with E-state index in [4.69, 9.17) is 4.74 Å². The number of hydrogen-bond donors (Lipinski definition) is 2. The third kappa shape index (κ3) is 6.50. The summed E-state index contributed by atoms with van der Waals surface area (Å²) >= 11 is 0. The zero-order valence-corrected chi connectivity index (χ0v) is 22.5. The average Bonchev–Trinajstić information content (AvgIpc) is 2.77. The van der Waals surface area contributed by atoms with Crippen molar-refractivity contribution in [3.8, 4) is 28.0 Å². The number of pyridine rings is 2. The Labute approximate surface area is 221 Å². The SMILES string of the molecule is Br.COc1c(CC(F)(F)F)cc(-c2ccc(C)[nH]c2=O)c2ncc(-c3ccc(NS(C)(=O)=O)cc3)cc12. The molecular formula is C25H23BrF3N3O4S. The van der Waals surface area contributed by atoms with Crippen LogP contribution >= 0.6 is 17.0 Å². The van der Waals surface area contributed by atoms with E-state index in [-0.39, 0.29) is 39.4 Å². The number of anilines is 1. The lowest BCUT2D eigenvalue weighted by molar-refractivity contribution is -0.127. The third-order valence-electron chi connectivity index (χ3n) is 5.46. The lowest BCUT2D eigenvalue weighted by Gasteiger charge is -2.17. The first kappa shape index (κ1) is 28.2. The first-order chi connectivity index (χ1) is 16.8. The lowest BCUT2D eigenvalue weighted by atomic mass is 9.95. The molecular weight excluding hydrogens is 575 g/mol. The molecule has 12 heteroatoms. The normalized spacial score (nSPS) is 11.7. The van der Waals surface area contributed by atoms with Crippen molar-refractivity contribution in [1.82, 2.24) is 9.97 Å². The van der Waals surface area contributed by atoms with E-state index < -0.39 is 28.2 Å². The van der Waals surface area contributed by atoms with Crippen LogP contribution in [0, 0.1) is 6.92 Å². The maximum atomic E-state index is 13.4. The number of nitrogens with one attached hydrogen (secondary N) is 2. The highest BCUT2D eigenvalue weighted by Crippen LogP contribution is 2.40. The van der Waals surface area contributed by atoms with Crippen LogP contribution in [0.25, 0.3) is 33.2 Å². The Hall–Kier alpha value is -3.38. The van der Waals surface area contributed by atoms with Crippen LogP contribution in [0.1, 0.15) is 11.3 Å². The number of nitrogens with zero attached hydrogens (tertiary/aromatic N) is 1. The van der Waals surface area contributed by atoms with E-state index in [9.17, 15) is 26.4 Å². The van der Waals surface area contributed by atoms with Crippen LogP contribution in [0.3, 0.4) is 0 Å². The number of aromatic amines is 1. The molecule has 2 aromatic carbocycles. The molecule has 0 aliphatic rings. The Morgan fingerprint density at radius 2 is 1.70 bits per heavy atom. The Kier molecular flexibility index (Phi) is 8.03. The van der Waals surface area contributed by atoms with Gasteiger partial charge in [-0.05, 0) is 48.9 Å². The number of halogens is 4. The molecule has 0 radical (unpaired) electrons. The number of benzene rings is 2. The summed E-state index contributed by atoms with van der Waals surface area (Å²) in [7, 11) is -2.17. The molecule has 0 unspecified atom stereocenters. The van der Waals surface area contributed by atoms with Gasteiger partial charge in [-0.25, -0.2) is 8.42 Å². The van der Waals surface area contributed by atoms with Crippen molar-refractivity contribution >= 4 is 43.6 Å². The molecule has 4 rings (SSSR count). The van der Waals surface area contributed by atoms with E-state index >= 15 is 0 Å². The fourth-order valence-electron chi connectivity index (χ4n) is 4.01. The largest absolute Gasteiger partial charge is 0.496 e. The molecule has 0 aliphatic heterocycles. The molecule has 0 fully saturated rings. The van der Waals surface area contributed by atoms with Crippen LogP contribution in [-0.4, -0.2) is 37.9 Å². The Bertz CT molecular complexity index is 1620. The number of sulfonamides is 1. The summed E-state index contributed by atoms with van der Waals surface area (Å²) in [4.78, 5) is 19.8. The van der Waals surface area contributed by atoms with E-state index in [0.717, 1.165) is 6.26 Å². The highest BCUT2D eigenvalue weighted by atomic mass is 79.9. The van der Waals surface area contributed by atoms with Crippen LogP contribution in [0.2, 0.25) is 0 Å². The second-order valence-corrected chi connectivity index (χ2v) is 10.1. The van der Waals surface area contributed by atoms with Crippen molar-refractivity contribution in [1.29, 1.82) is 0 Å². The van der Waals surface area contributed by atoms with Gasteiger partial charge in [0.2, 0.25) is 10.0 Å². The molecule has 7 nitrogen and oxygen atoms in total. The highest BCUT2D eigenvalue weighted by Gasteiger charge is 2.31. The quantitative estimate of drug-likeness (QED) is 0.300. The van der Waals surface area contributed by atoms with Crippen molar-refractivity contribution in [3.05, 3.63) is 76.3 Å². The van der Waals surface area contributed by atoms with Gasteiger partial charge in [0.25, 0.3) is 5.56 Å². The zero-order chi connectivity index (χ0) is 26.3. The minimum atomic E-state index is -4.51. The molecule has 0 saturated heterocycles. The summed E-state index contributed by atoms with van der Waals surface area (Å²) in [6, 6.07) is 12.6. The van der Waals surface area contributed by atoms with Crippen molar-refractivity contribution in [3.63, 3.8) is 0 Å². The van der Waals surface area contributed by atoms with E-state index in [1.54, 1.807) is 49.4 Å². The van der Waals surface area contributed by atoms with E-state index in [1.807, 2.05) is 0 Å². The van der Waals surface area contributed by atoms with Crippen molar-refractivity contribution in [2.24, 2.45) is 0 Å². The number of aryl methyl sites for hydroxylation is 1. The van der Waals surface area contributed by atoms with Crippen LogP contribution in [-0.2, 0) is 16.4 Å². The van der Waals surface area contributed by atoms with Gasteiger partial charge in [-0.15, -0.1) is 17.0 Å². The number of H-pyrrole nitrogens is 1. The molecule has 0 atom stereocenters. The highest BCUT2D eigenvalue weighted by molar-refractivity contribution is 8.93. The molecule has 196 valence electrons. The molecule has 0 bridgehead atoms. The molecule has 0 aliphatic carbocycles. The van der Waals surface area contributed by atoms with Crippen molar-refractivity contribution < 1.29 is 26.3 Å². The average molecular weight is 598 g/mol. The summed E-state index contributed by atoms with van der Waals surface area (Å²) in [5, 5.41) is 0.310. The van der Waals surface area contributed by atoms with Crippen LogP contribution in [0.15, 0.2) is 59.5 Å². The smallest absolute Gasteiger partial charge is 0.393 e. The monoisotopic (exact) mass is 597 g/mol. The van der Waals surface area contributed by atoms with Gasteiger partial charge in [0.05, 0.1) is 25.3 Å². The number of alkyl halides is 3. The summed E-state index contributed by atoms with van der Waals surface area (Å²) in [6.45, 7) is 1.70. The third-order valence-corrected chi connectivity index (χ3v) is 6.07. The van der Waals surface area contributed by atoms with Gasteiger partial charge in [-0.3, -0.25) is 14.5 Å². The first-order valence-electron chi connectivity index (χ1n) is 10.7. The molecule has 2 aromatic heterocycles. The van der Waals surface area contributed by atoms with Gasteiger partial charge in [-0.1, -0.05) is 12.1 Å². The maximum Gasteiger partial charge on any atom is 0.393 e. The second kappa shape index (κ2) is 10.5. The topological polar surface area (TPSA) is 101 Å². The van der Waals surface area contributed by atoms with E-state index in [2.05, 4.69) is 14.7 Å². The van der Waals surface area contributed by atoms with Crippen LogP contribution in [0.4, 0.5) is 18.9 Å². The number of ether oxygens (including phenoxy) is 1. The number of methoxy groups -OCH3 is 1. The molecule has 4 aromatic rings. The maximum absolute atomic E-state index is 13.4. The van der Waals surface area contributed by atoms with Gasteiger partial charge in [0, 0.05) is 45.2 Å². The Balaban J connectivity index is 0.00000380. The number of fused-ring (bicyclic) bond motifs is 1. The van der Waals surface area contributed by atoms with Crippen molar-refractivity contribution in [2.75, 3.05) is 18.1 Å². The van der Waals surface area contributed by atoms with E-state index in [1.165, 1.54) is 19.4 Å². The van der Waals surface area contributed by atoms with Gasteiger partial charge in [0.15, 0.2) is 0 Å². The minimum absolute atomic E-state index is 0. The van der Waals surface area contributed by atoms with Gasteiger partial charge >= 0.3 is 6.18 Å². The molecule has 0 amide bonds. The van der Waals surface area contributed by atoms with Gasteiger partial charge in [0.1, 0.15) is 5.75 Å². The number of aromatic nitrogens is 2. The van der Waals surface area contributed by atoms with Gasteiger partial charge in [-0.2, -0.15) is 13.2 Å². The minimum Gasteiger partial charge on any atom is -0.496 e. The summed E-state index contributed by atoms with van der Waals surface area (Å²) in [5.41, 5.74) is 2.38. The predicted octanol–water partition coefficient (Wildman–Crippen LogP) is 5.63. The Morgan fingerprint density at radius 3 is 2.27 bits per heavy atom. The molecule has 37 heavy (non-hydrogen) atoms. The lowest BCUT2D eigenvalue weighted by Crippen LogP contribution is -2.14. The zero-order valence-electron chi connectivity index (χ0n) is 19.9. The Morgan fingerprint density at radius 1 is 1.03 bits per heavy atom. The van der Waals surface area contributed by atoms with Crippen LogP contribution < -0.4 is 15.0 Å². The summed E-state index contributed by atoms with van der Waals surface area (Å²) in [6.07, 6.45) is -3.18. The molecule has 0 saturated carbocycles. The van der Waals surface area contributed by atoms with Crippen LogP contribution in [0.5, 0.6) is 5.75 Å². The molecule has 2 heterocycles. The van der Waals surface area contributed by atoms with Crippen molar-refractivity contribution in [2.45, 2.75) is 19.5 Å². The first-order valence-corrected chi connectivity index (χ1v) is 12.6. The fraction of sp³-hybridized carbons (Fsp3) is 0.200.